The van der Waals surface area contributed by atoms with Gasteiger partial charge in [-0.25, -0.2) is 5.26 Å². The summed E-state index contributed by atoms with van der Waals surface area (Å²) in [7, 11) is 0. The Morgan fingerprint density at radius 3 is 2.27 bits per heavy atom. The van der Waals surface area contributed by atoms with E-state index in [0.29, 0.717) is 0 Å². The van der Waals surface area contributed by atoms with Crippen molar-refractivity contribution in [3.05, 3.63) is 30.3 Å². The van der Waals surface area contributed by atoms with Gasteiger partial charge in [-0.2, -0.15) is 0 Å². The second-order valence-electron chi connectivity index (χ2n) is 1.59. The zero-order chi connectivity index (χ0) is 8.53. The number of carbonyl (C=O) groups excluding carboxylic acids is 1. The molecule has 3 heteroatoms. The lowest BCUT2D eigenvalue weighted by Crippen LogP contribution is -1.91. The maximum absolute atomic E-state index is 9.74. The highest BCUT2D eigenvalue weighted by Crippen LogP contribution is 2.01. The van der Waals surface area contributed by atoms with Crippen molar-refractivity contribution >= 4 is 12.1 Å². The lowest BCUT2D eigenvalue weighted by Gasteiger charge is -1.92. The summed E-state index contributed by atoms with van der Waals surface area (Å²) in [4.78, 5) is 9.74. The zero-order valence-corrected chi connectivity index (χ0v) is 5.82. The molecule has 0 spiro atoms. The summed E-state index contributed by atoms with van der Waals surface area (Å²) in [5, 5.41) is 8.90. The lowest BCUT2D eigenvalue weighted by atomic mass is 10.3. The van der Waals surface area contributed by atoms with Crippen LogP contribution in [0.4, 0.5) is 5.69 Å². The van der Waals surface area contributed by atoms with Gasteiger partial charge < -0.3 is 5.32 Å². The molecular weight excluding hydrogens is 140 g/mol. The number of anilines is 1. The van der Waals surface area contributed by atoms with E-state index in [1.165, 1.54) is 0 Å². The van der Waals surface area contributed by atoms with Crippen LogP contribution in [0.3, 0.4) is 0 Å². The number of hydrogen-bond donors (Lipinski definition) is 1. The average molecular weight is 147 g/mol. The van der Waals surface area contributed by atoms with E-state index < -0.39 is 0 Å². The number of rotatable bonds is 2. The third-order valence-corrected chi connectivity index (χ3v) is 0.969. The molecule has 0 atom stereocenters. The second kappa shape index (κ2) is 6.30. The number of nitrogens with zero attached hydrogens (tertiary/aromatic N) is 1. The molecule has 0 heterocycles. The minimum absolute atomic E-state index is 0.771. The van der Waals surface area contributed by atoms with Gasteiger partial charge in [-0.1, -0.05) is 18.2 Å². The molecule has 0 aromatic heterocycles. The van der Waals surface area contributed by atoms with E-state index in [1.54, 1.807) is 18.5 Å². The summed E-state index contributed by atoms with van der Waals surface area (Å²) in [5.74, 6) is 0. The van der Waals surface area contributed by atoms with Gasteiger partial charge in [-0.05, 0) is 12.1 Å². The molecule has 1 aromatic carbocycles. The summed E-state index contributed by atoms with van der Waals surface area (Å²) in [6.07, 6.45) is 1.58. The van der Waals surface area contributed by atoms with Crippen molar-refractivity contribution in [3.8, 4) is 6.57 Å². The molecule has 0 saturated carbocycles. The highest BCUT2D eigenvalue weighted by Gasteiger charge is 1.82. The maximum atomic E-state index is 9.74. The van der Waals surface area contributed by atoms with E-state index >= 15 is 0 Å². The Kier molecular flexibility index (Phi) is 5.26. The molecule has 1 amide bonds. The van der Waals surface area contributed by atoms with Gasteiger partial charge in [-0.3, -0.25) is 4.79 Å². The largest absolute Gasteiger partial charge is 0.318 e. The van der Waals surface area contributed by atoms with Crippen molar-refractivity contribution < 1.29 is 4.79 Å². The minimum Gasteiger partial charge on any atom is -0.318 e. The second-order valence-corrected chi connectivity index (χ2v) is 1.59. The third-order valence-electron chi connectivity index (χ3n) is 0.969. The Morgan fingerprint density at radius 1 is 1.27 bits per heavy atom. The Morgan fingerprint density at radius 2 is 1.82 bits per heavy atom. The minimum atomic E-state index is 0.771. The molecule has 11 heavy (non-hydrogen) atoms. The first-order valence-corrected chi connectivity index (χ1v) is 2.87. The molecule has 0 aliphatic rings. The van der Waals surface area contributed by atoms with E-state index in [2.05, 4.69) is 11.9 Å². The number of nitriles is 1. The van der Waals surface area contributed by atoms with Crippen LogP contribution in [0.5, 0.6) is 0 Å². The van der Waals surface area contributed by atoms with Crippen molar-refractivity contribution in [1.82, 2.24) is 0 Å². The Hall–Kier alpha value is -1.82. The third kappa shape index (κ3) is 3.71. The van der Waals surface area contributed by atoms with Crippen LogP contribution in [0, 0.1) is 11.8 Å². The molecule has 0 aliphatic heterocycles. The van der Waals surface area contributed by atoms with E-state index in [9.17, 15) is 4.79 Å². The molecule has 0 fully saturated rings. The summed E-state index contributed by atoms with van der Waals surface area (Å²) in [6, 6.07) is 9.17. The van der Waals surface area contributed by atoms with Gasteiger partial charge in [0.1, 0.15) is 0 Å². The van der Waals surface area contributed by atoms with Gasteiger partial charge in [0.15, 0.2) is 0 Å². The number of hydrogen-bond acceptors (Lipinski definition) is 2. The molecule has 0 unspecified atom stereocenters. The van der Waals surface area contributed by atoms with E-state index in [-0.39, 0.29) is 0 Å². The van der Waals surface area contributed by atoms with Gasteiger partial charge in [0.2, 0.25) is 0 Å². The first kappa shape index (κ1) is 9.18. The number of amides is 1. The van der Waals surface area contributed by atoms with Crippen LogP contribution in [-0.4, -0.2) is 6.41 Å². The van der Waals surface area contributed by atoms with Crippen molar-refractivity contribution in [2.24, 2.45) is 0 Å². The maximum Gasteiger partial charge on any atom is 0.314 e. The predicted molar refractivity (Wildman–Crippen MR) is 42.4 cm³/mol. The summed E-state index contributed by atoms with van der Waals surface area (Å²) in [6.45, 7) is 3.50. The first-order chi connectivity index (χ1) is 5.43. The fourth-order valence-corrected chi connectivity index (χ4v) is 0.580. The predicted octanol–water partition coefficient (Wildman–Crippen LogP) is 1.31. The summed E-state index contributed by atoms with van der Waals surface area (Å²) < 4.78 is 0. The van der Waals surface area contributed by atoms with Crippen molar-refractivity contribution in [2.75, 3.05) is 5.32 Å². The zero-order valence-electron chi connectivity index (χ0n) is 5.82. The highest BCUT2D eigenvalue weighted by atomic mass is 16.1. The van der Waals surface area contributed by atoms with Crippen molar-refractivity contribution in [2.45, 2.75) is 0 Å². The average Bonchev–Trinajstić information content (AvgIpc) is 2.11. The van der Waals surface area contributed by atoms with E-state index in [0.717, 1.165) is 5.69 Å². The van der Waals surface area contributed by atoms with Gasteiger partial charge in [0.05, 0.1) is 0 Å². The molecule has 3 nitrogen and oxygen atoms in total. The van der Waals surface area contributed by atoms with Gasteiger partial charge in [-0.15, -0.1) is 0 Å². The van der Waals surface area contributed by atoms with E-state index in [1.807, 2.05) is 18.2 Å². The quantitative estimate of drug-likeness (QED) is 0.641. The van der Waals surface area contributed by atoms with Crippen LogP contribution in [0.1, 0.15) is 0 Å². The molecule has 1 rings (SSSR count). The molecule has 1 N–H and O–H groups in total. The highest BCUT2D eigenvalue weighted by molar-refractivity contribution is 5.71. The standard InChI is InChI=1S/C7H6NO.CHN/c9-6-8-7-4-2-1-3-5-7;1-2/h1-5H,(H,8,9);1H. The molecule has 0 aliphatic carbocycles. The molecule has 1 aromatic rings. The van der Waals surface area contributed by atoms with Crippen molar-refractivity contribution in [1.29, 1.82) is 5.26 Å². The number of nitrogens with one attached hydrogen (secondary N) is 1. The van der Waals surface area contributed by atoms with Gasteiger partial charge >= 0.3 is 6.41 Å². The molecular formula is C8H7N2O. The fourth-order valence-electron chi connectivity index (χ4n) is 0.580. The van der Waals surface area contributed by atoms with Gasteiger partial charge in [0.25, 0.3) is 0 Å². The Balaban J connectivity index is 0.000000461. The number of para-hydroxylation sites is 1. The summed E-state index contributed by atoms with van der Waals surface area (Å²) >= 11 is 0. The van der Waals surface area contributed by atoms with Gasteiger partial charge in [0, 0.05) is 12.3 Å². The molecule has 0 bridgehead atoms. The SMILES string of the molecule is C#N.O=[C]Nc1ccccc1. The van der Waals surface area contributed by atoms with E-state index in [4.69, 9.17) is 5.26 Å². The monoisotopic (exact) mass is 147 g/mol. The van der Waals surface area contributed by atoms with Crippen LogP contribution in [0.2, 0.25) is 0 Å². The first-order valence-electron chi connectivity index (χ1n) is 2.87. The topological polar surface area (TPSA) is 52.9 Å². The number of benzene rings is 1. The van der Waals surface area contributed by atoms with Crippen LogP contribution < -0.4 is 5.32 Å². The van der Waals surface area contributed by atoms with Crippen LogP contribution in [0.25, 0.3) is 0 Å². The lowest BCUT2D eigenvalue weighted by molar-refractivity contribution is 0.561. The van der Waals surface area contributed by atoms with Crippen molar-refractivity contribution in [3.63, 3.8) is 0 Å². The molecule has 55 valence electrons. The Labute approximate surface area is 65.3 Å². The molecule has 1 radical (unpaired) electrons. The fraction of sp³-hybridized carbons (Fsp3) is 0. The normalized spacial score (nSPS) is 7.09. The summed E-state index contributed by atoms with van der Waals surface area (Å²) in [5.41, 5.74) is 0.771. The Bertz CT molecular complexity index is 218. The van der Waals surface area contributed by atoms with Crippen LogP contribution >= 0.6 is 0 Å². The smallest absolute Gasteiger partial charge is 0.314 e. The van der Waals surface area contributed by atoms with Crippen LogP contribution in [-0.2, 0) is 4.79 Å². The molecule has 0 saturated heterocycles. The van der Waals surface area contributed by atoms with Crippen LogP contribution in [0.15, 0.2) is 30.3 Å².